The lowest BCUT2D eigenvalue weighted by molar-refractivity contribution is -0.122. The number of rotatable bonds is 11. The molecular weight excluding hydrogens is 238 g/mol. The van der Waals surface area contributed by atoms with Gasteiger partial charge in [0, 0.05) is 40.3 Å². The van der Waals surface area contributed by atoms with Gasteiger partial charge < -0.3 is 25.4 Å². The van der Waals surface area contributed by atoms with Gasteiger partial charge in [-0.15, -0.1) is 0 Å². The first-order chi connectivity index (χ1) is 8.70. The molecule has 0 aliphatic rings. The van der Waals surface area contributed by atoms with E-state index < -0.39 is 0 Å². The molecule has 0 saturated carbocycles. The molecule has 0 aliphatic heterocycles. The molecule has 0 heterocycles. The Bertz CT molecular complexity index is 236. The molecule has 0 unspecified atom stereocenters. The zero-order chi connectivity index (χ0) is 13.6. The molecular formula is C11H23N3O4. The number of methoxy groups -OCH3 is 2. The fourth-order valence-corrected chi connectivity index (χ4v) is 1.14. The summed E-state index contributed by atoms with van der Waals surface area (Å²) in [4.78, 5) is 22.5. The van der Waals surface area contributed by atoms with Crippen LogP contribution in [0.2, 0.25) is 0 Å². The maximum atomic E-state index is 11.3. The van der Waals surface area contributed by atoms with Crippen LogP contribution in [0.1, 0.15) is 6.42 Å². The second-order valence-electron chi connectivity index (χ2n) is 3.61. The van der Waals surface area contributed by atoms with Crippen LogP contribution in [-0.4, -0.2) is 65.4 Å². The van der Waals surface area contributed by atoms with Gasteiger partial charge in [-0.05, 0) is 0 Å². The summed E-state index contributed by atoms with van der Waals surface area (Å²) in [5.41, 5.74) is 0. The molecule has 0 radical (unpaired) electrons. The van der Waals surface area contributed by atoms with E-state index >= 15 is 0 Å². The molecule has 106 valence electrons. The first-order valence-electron chi connectivity index (χ1n) is 5.92. The van der Waals surface area contributed by atoms with Gasteiger partial charge >= 0.3 is 0 Å². The predicted molar refractivity (Wildman–Crippen MR) is 67.3 cm³/mol. The summed E-state index contributed by atoms with van der Waals surface area (Å²) in [5.74, 6) is -0.226. The summed E-state index contributed by atoms with van der Waals surface area (Å²) in [5, 5.41) is 8.23. The summed E-state index contributed by atoms with van der Waals surface area (Å²) in [7, 11) is 3.17. The first kappa shape index (κ1) is 16.8. The summed E-state index contributed by atoms with van der Waals surface area (Å²) in [6.07, 6.45) is 0.271. The third kappa shape index (κ3) is 11.3. The molecule has 7 nitrogen and oxygen atoms in total. The van der Waals surface area contributed by atoms with Crippen molar-refractivity contribution in [3.05, 3.63) is 0 Å². The summed E-state index contributed by atoms with van der Waals surface area (Å²) >= 11 is 0. The Morgan fingerprint density at radius 1 is 0.889 bits per heavy atom. The van der Waals surface area contributed by atoms with Crippen LogP contribution in [0.25, 0.3) is 0 Å². The van der Waals surface area contributed by atoms with E-state index in [0.29, 0.717) is 32.8 Å². The molecule has 7 heteroatoms. The largest absolute Gasteiger partial charge is 0.383 e. The number of carbonyl (C=O) groups is 2. The van der Waals surface area contributed by atoms with E-state index in [-0.39, 0.29) is 24.8 Å². The summed E-state index contributed by atoms with van der Waals surface area (Å²) in [6.45, 7) is 2.73. The van der Waals surface area contributed by atoms with Crippen LogP contribution in [0.4, 0.5) is 0 Å². The molecule has 0 bridgehead atoms. The van der Waals surface area contributed by atoms with Crippen molar-refractivity contribution in [2.75, 3.05) is 53.6 Å². The quantitative estimate of drug-likeness (QED) is 0.394. The van der Waals surface area contributed by atoms with E-state index in [1.165, 1.54) is 0 Å². The molecule has 0 fully saturated rings. The zero-order valence-electron chi connectivity index (χ0n) is 11.1. The van der Waals surface area contributed by atoms with Crippen LogP contribution in [0.3, 0.4) is 0 Å². The minimum Gasteiger partial charge on any atom is -0.383 e. The van der Waals surface area contributed by atoms with Gasteiger partial charge in [0.1, 0.15) is 0 Å². The highest BCUT2D eigenvalue weighted by Crippen LogP contribution is 1.78. The number of nitrogens with one attached hydrogen (secondary N) is 3. The van der Waals surface area contributed by atoms with Crippen molar-refractivity contribution in [1.29, 1.82) is 0 Å². The third-order valence-electron chi connectivity index (χ3n) is 2.07. The summed E-state index contributed by atoms with van der Waals surface area (Å²) < 4.78 is 9.62. The van der Waals surface area contributed by atoms with Crippen molar-refractivity contribution in [1.82, 2.24) is 16.0 Å². The van der Waals surface area contributed by atoms with Crippen LogP contribution >= 0.6 is 0 Å². The summed E-state index contributed by atoms with van der Waals surface area (Å²) in [6, 6.07) is 0. The lowest BCUT2D eigenvalue weighted by Crippen LogP contribution is -2.37. The van der Waals surface area contributed by atoms with E-state index in [0.717, 1.165) is 0 Å². The normalized spacial score (nSPS) is 10.1. The first-order valence-corrected chi connectivity index (χ1v) is 5.92. The van der Waals surface area contributed by atoms with Gasteiger partial charge in [-0.3, -0.25) is 9.59 Å². The smallest absolute Gasteiger partial charge is 0.233 e. The number of hydrogen-bond acceptors (Lipinski definition) is 5. The van der Waals surface area contributed by atoms with Crippen molar-refractivity contribution in [2.45, 2.75) is 6.42 Å². The van der Waals surface area contributed by atoms with Crippen molar-refractivity contribution < 1.29 is 19.1 Å². The Morgan fingerprint density at radius 2 is 1.50 bits per heavy atom. The zero-order valence-corrected chi connectivity index (χ0v) is 11.1. The molecule has 3 N–H and O–H groups in total. The fourth-order valence-electron chi connectivity index (χ4n) is 1.14. The predicted octanol–water partition coefficient (Wildman–Crippen LogP) is -1.51. The Hall–Kier alpha value is -1.18. The Balaban J connectivity index is 3.35. The molecule has 0 aliphatic carbocycles. The minimum absolute atomic E-state index is 0.0975. The lowest BCUT2D eigenvalue weighted by atomic mass is 10.4. The molecule has 0 aromatic rings. The lowest BCUT2D eigenvalue weighted by Gasteiger charge is -2.07. The number of amides is 2. The average molecular weight is 261 g/mol. The second kappa shape index (κ2) is 12.3. The van der Waals surface area contributed by atoms with Gasteiger partial charge in [0.25, 0.3) is 0 Å². The fraction of sp³-hybridized carbons (Fsp3) is 0.818. The van der Waals surface area contributed by atoms with E-state index in [9.17, 15) is 9.59 Å². The van der Waals surface area contributed by atoms with Gasteiger partial charge in [0.15, 0.2) is 0 Å². The molecule has 0 aromatic heterocycles. The van der Waals surface area contributed by atoms with Gasteiger partial charge in [0.2, 0.25) is 11.8 Å². The number of hydrogen-bond donors (Lipinski definition) is 3. The molecule has 0 spiro atoms. The van der Waals surface area contributed by atoms with Crippen LogP contribution in [-0.2, 0) is 19.1 Å². The van der Waals surface area contributed by atoms with E-state index in [4.69, 9.17) is 9.47 Å². The molecule has 0 rings (SSSR count). The monoisotopic (exact) mass is 261 g/mol. The highest BCUT2D eigenvalue weighted by atomic mass is 16.5. The van der Waals surface area contributed by atoms with Gasteiger partial charge in [-0.2, -0.15) is 0 Å². The Labute approximate surface area is 108 Å². The van der Waals surface area contributed by atoms with Gasteiger partial charge in [0.05, 0.1) is 19.8 Å². The number of ether oxygens (including phenoxy) is 2. The Morgan fingerprint density at radius 3 is 2.17 bits per heavy atom. The van der Waals surface area contributed by atoms with E-state index in [1.807, 2.05) is 0 Å². The number of carbonyl (C=O) groups excluding carboxylic acids is 2. The molecule has 2 amide bonds. The second-order valence-corrected chi connectivity index (χ2v) is 3.61. The maximum Gasteiger partial charge on any atom is 0.233 e. The van der Waals surface area contributed by atoms with Crippen LogP contribution in [0.5, 0.6) is 0 Å². The van der Waals surface area contributed by atoms with Crippen molar-refractivity contribution in [3.8, 4) is 0 Å². The molecule has 18 heavy (non-hydrogen) atoms. The van der Waals surface area contributed by atoms with Crippen LogP contribution < -0.4 is 16.0 Å². The molecule has 0 saturated heterocycles. The van der Waals surface area contributed by atoms with Crippen molar-refractivity contribution in [2.24, 2.45) is 0 Å². The van der Waals surface area contributed by atoms with Gasteiger partial charge in [-0.25, -0.2) is 0 Å². The third-order valence-corrected chi connectivity index (χ3v) is 2.07. The van der Waals surface area contributed by atoms with Crippen molar-refractivity contribution in [3.63, 3.8) is 0 Å². The van der Waals surface area contributed by atoms with Crippen LogP contribution in [0.15, 0.2) is 0 Å². The Kier molecular flexibility index (Phi) is 11.5. The highest BCUT2D eigenvalue weighted by Gasteiger charge is 2.03. The average Bonchev–Trinajstić information content (AvgIpc) is 2.35. The van der Waals surface area contributed by atoms with E-state index in [2.05, 4.69) is 16.0 Å². The van der Waals surface area contributed by atoms with E-state index in [1.54, 1.807) is 14.2 Å². The molecule has 0 atom stereocenters. The minimum atomic E-state index is -0.129. The topological polar surface area (TPSA) is 88.7 Å². The highest BCUT2D eigenvalue weighted by molar-refractivity contribution is 5.80. The molecule has 0 aromatic carbocycles. The maximum absolute atomic E-state index is 11.3. The van der Waals surface area contributed by atoms with Gasteiger partial charge in [-0.1, -0.05) is 0 Å². The SMILES string of the molecule is COCCNCC(=O)NCCC(=O)NCCOC. The standard InChI is InChI=1S/C11H23N3O4/c1-17-7-5-12-9-11(16)13-4-3-10(15)14-6-8-18-2/h12H,3-9H2,1-2H3,(H,13,16)(H,14,15). The van der Waals surface area contributed by atoms with Crippen LogP contribution in [0, 0.1) is 0 Å². The van der Waals surface area contributed by atoms with Crippen molar-refractivity contribution >= 4 is 11.8 Å².